The van der Waals surface area contributed by atoms with Crippen LogP contribution in [0.15, 0.2) is 48.1 Å². The van der Waals surface area contributed by atoms with Crippen LogP contribution in [0.3, 0.4) is 0 Å². The maximum Gasteiger partial charge on any atom is 0.264 e. The minimum atomic E-state index is -0.570. The molecule has 1 amide bonds. The fourth-order valence-corrected chi connectivity index (χ4v) is 2.50. The average molecular weight is 328 g/mol. The molecular weight excluding hydrogens is 308 g/mol. The molecule has 126 valence electrons. The smallest absolute Gasteiger partial charge is 0.264 e. The first-order valence-electron chi connectivity index (χ1n) is 7.87. The molecule has 24 heavy (non-hydrogen) atoms. The highest BCUT2D eigenvalue weighted by Gasteiger charge is 2.28. The van der Waals surface area contributed by atoms with Crippen LogP contribution < -0.4 is 10.1 Å². The van der Waals surface area contributed by atoms with Crippen LogP contribution >= 0.6 is 0 Å². The zero-order valence-corrected chi connectivity index (χ0v) is 13.5. The summed E-state index contributed by atoms with van der Waals surface area (Å²) in [6.45, 7) is 1.41. The largest absolute Gasteiger partial charge is 0.497 e. The Kier molecular flexibility index (Phi) is 5.10. The second kappa shape index (κ2) is 7.63. The third-order valence-corrected chi connectivity index (χ3v) is 3.82. The fourth-order valence-electron chi connectivity index (χ4n) is 2.50. The van der Waals surface area contributed by atoms with Crippen LogP contribution in [0.25, 0.3) is 0 Å². The van der Waals surface area contributed by atoms with E-state index < -0.39 is 6.10 Å². The molecule has 0 aliphatic carbocycles. The van der Waals surface area contributed by atoms with Crippen LogP contribution in [-0.2, 0) is 16.2 Å². The topological polar surface area (TPSA) is 77.7 Å². The van der Waals surface area contributed by atoms with Crippen molar-refractivity contribution < 1.29 is 14.4 Å². The molecule has 1 aliphatic rings. The molecule has 0 spiro atoms. The van der Waals surface area contributed by atoms with Crippen LogP contribution in [-0.4, -0.2) is 40.9 Å². The molecule has 1 atom stereocenters. The number of nitrogens with zero attached hydrogens (tertiary/aromatic N) is 3. The number of rotatable bonds is 7. The molecule has 0 saturated carbocycles. The molecule has 0 radical (unpaired) electrons. The zero-order chi connectivity index (χ0) is 16.8. The molecule has 1 aromatic heterocycles. The Morgan fingerprint density at radius 1 is 1.50 bits per heavy atom. The summed E-state index contributed by atoms with van der Waals surface area (Å²) in [4.78, 5) is 21.4. The van der Waals surface area contributed by atoms with Crippen molar-refractivity contribution in [1.29, 1.82) is 0 Å². The molecule has 2 heterocycles. The molecule has 7 nitrogen and oxygen atoms in total. The van der Waals surface area contributed by atoms with E-state index in [2.05, 4.69) is 15.5 Å². The van der Waals surface area contributed by atoms with Gasteiger partial charge in [0.1, 0.15) is 5.75 Å². The maximum atomic E-state index is 12.2. The van der Waals surface area contributed by atoms with Crippen LogP contribution in [0.5, 0.6) is 5.75 Å². The lowest BCUT2D eigenvalue weighted by molar-refractivity contribution is -0.131. The first kappa shape index (κ1) is 16.0. The second-order valence-electron chi connectivity index (χ2n) is 5.51. The number of aromatic nitrogens is 2. The summed E-state index contributed by atoms with van der Waals surface area (Å²) in [6.07, 6.45) is 6.12. The zero-order valence-electron chi connectivity index (χ0n) is 13.5. The van der Waals surface area contributed by atoms with E-state index in [0.717, 1.165) is 30.0 Å². The number of imidazole rings is 1. The van der Waals surface area contributed by atoms with Gasteiger partial charge in [-0.2, -0.15) is 0 Å². The lowest BCUT2D eigenvalue weighted by atomic mass is 10.0. The van der Waals surface area contributed by atoms with E-state index in [-0.39, 0.29) is 5.91 Å². The number of ether oxygens (including phenoxy) is 1. The lowest BCUT2D eigenvalue weighted by Gasteiger charge is -2.09. The van der Waals surface area contributed by atoms with Gasteiger partial charge in [0.2, 0.25) is 6.10 Å². The highest BCUT2D eigenvalue weighted by Crippen LogP contribution is 2.20. The Balaban J connectivity index is 1.44. The minimum absolute atomic E-state index is 0.137. The Bertz CT molecular complexity index is 712. The molecule has 0 saturated heterocycles. The predicted molar refractivity (Wildman–Crippen MR) is 88.9 cm³/mol. The highest BCUT2D eigenvalue weighted by atomic mass is 16.6. The van der Waals surface area contributed by atoms with Gasteiger partial charge in [-0.05, 0) is 18.6 Å². The van der Waals surface area contributed by atoms with E-state index in [9.17, 15) is 4.79 Å². The number of amides is 1. The van der Waals surface area contributed by atoms with Gasteiger partial charge in [-0.3, -0.25) is 4.79 Å². The van der Waals surface area contributed by atoms with E-state index in [1.165, 1.54) is 0 Å². The summed E-state index contributed by atoms with van der Waals surface area (Å²) in [7, 11) is 1.62. The lowest BCUT2D eigenvalue weighted by Crippen LogP contribution is -2.35. The van der Waals surface area contributed by atoms with Crippen LogP contribution in [0.1, 0.15) is 18.4 Å². The summed E-state index contributed by atoms with van der Waals surface area (Å²) >= 11 is 0. The van der Waals surface area contributed by atoms with Crippen molar-refractivity contribution in [2.45, 2.75) is 25.5 Å². The highest BCUT2D eigenvalue weighted by molar-refractivity contribution is 6.04. The molecule has 1 N–H and O–H groups in total. The van der Waals surface area contributed by atoms with E-state index >= 15 is 0 Å². The number of carbonyl (C=O) groups excluding carboxylic acids is 1. The molecule has 1 aromatic carbocycles. The molecule has 0 fully saturated rings. The van der Waals surface area contributed by atoms with Crippen LogP contribution in [0, 0.1) is 0 Å². The van der Waals surface area contributed by atoms with Gasteiger partial charge in [0, 0.05) is 37.5 Å². The van der Waals surface area contributed by atoms with Gasteiger partial charge in [-0.15, -0.1) is 0 Å². The molecule has 3 rings (SSSR count). The summed E-state index contributed by atoms with van der Waals surface area (Å²) in [6, 6.07) is 7.56. The molecule has 1 aliphatic heterocycles. The maximum absolute atomic E-state index is 12.2. The van der Waals surface area contributed by atoms with Gasteiger partial charge >= 0.3 is 0 Å². The molecule has 0 bridgehead atoms. The van der Waals surface area contributed by atoms with Gasteiger partial charge in [0.25, 0.3) is 5.91 Å². The first-order valence-corrected chi connectivity index (χ1v) is 7.87. The Labute approximate surface area is 140 Å². The molecule has 0 unspecified atom stereocenters. The number of methoxy groups -OCH3 is 1. The quantitative estimate of drug-likeness (QED) is 0.783. The van der Waals surface area contributed by atoms with Gasteiger partial charge in [0.05, 0.1) is 19.1 Å². The van der Waals surface area contributed by atoms with Gasteiger partial charge in [0.15, 0.2) is 0 Å². The van der Waals surface area contributed by atoms with Crippen molar-refractivity contribution in [3.8, 4) is 5.75 Å². The number of carbonyl (C=O) groups is 1. The number of nitrogens with one attached hydrogen (secondary N) is 1. The standard InChI is InChI=1S/C17H20N4O3/c1-23-14-5-2-4-13(10-14)15-11-16(24-20-15)17(22)19-6-3-8-21-9-7-18-12-21/h2,4-5,7,9-10,12,16H,3,6,8,11H2,1H3,(H,19,22)/t16-/m0/s1. The Morgan fingerprint density at radius 2 is 2.42 bits per heavy atom. The van der Waals surface area contributed by atoms with E-state index in [1.807, 2.05) is 35.0 Å². The van der Waals surface area contributed by atoms with Gasteiger partial charge < -0.3 is 19.5 Å². The summed E-state index contributed by atoms with van der Waals surface area (Å²) in [5, 5.41) is 6.93. The third kappa shape index (κ3) is 3.92. The van der Waals surface area contributed by atoms with Crippen molar-refractivity contribution >= 4 is 11.6 Å². The SMILES string of the molecule is COc1cccc(C2=NO[C@H](C(=O)NCCCn3ccnc3)C2)c1. The second-order valence-corrected chi connectivity index (χ2v) is 5.51. The fraction of sp³-hybridized carbons (Fsp3) is 0.353. The van der Waals surface area contributed by atoms with Gasteiger partial charge in [-0.25, -0.2) is 4.98 Å². The van der Waals surface area contributed by atoms with Crippen molar-refractivity contribution in [3.05, 3.63) is 48.5 Å². The summed E-state index contributed by atoms with van der Waals surface area (Å²) in [5.74, 6) is 0.616. The van der Waals surface area contributed by atoms with Crippen LogP contribution in [0.4, 0.5) is 0 Å². The van der Waals surface area contributed by atoms with Crippen molar-refractivity contribution in [1.82, 2.24) is 14.9 Å². The summed E-state index contributed by atoms with van der Waals surface area (Å²) in [5.41, 5.74) is 1.66. The monoisotopic (exact) mass is 328 g/mol. The molecule has 2 aromatic rings. The number of hydrogen-bond donors (Lipinski definition) is 1. The number of benzene rings is 1. The number of oxime groups is 1. The third-order valence-electron chi connectivity index (χ3n) is 3.82. The van der Waals surface area contributed by atoms with Crippen molar-refractivity contribution in [2.24, 2.45) is 5.16 Å². The molecular formula is C17H20N4O3. The minimum Gasteiger partial charge on any atom is -0.497 e. The van der Waals surface area contributed by atoms with Gasteiger partial charge in [-0.1, -0.05) is 17.3 Å². The van der Waals surface area contributed by atoms with Crippen LogP contribution in [0.2, 0.25) is 0 Å². The average Bonchev–Trinajstić information content (AvgIpc) is 3.30. The van der Waals surface area contributed by atoms with E-state index in [0.29, 0.717) is 13.0 Å². The Morgan fingerprint density at radius 3 is 3.21 bits per heavy atom. The molecule has 7 heteroatoms. The number of aryl methyl sites for hydroxylation is 1. The van der Waals surface area contributed by atoms with Crippen molar-refractivity contribution in [2.75, 3.05) is 13.7 Å². The summed E-state index contributed by atoms with van der Waals surface area (Å²) < 4.78 is 7.18. The van der Waals surface area contributed by atoms with E-state index in [4.69, 9.17) is 9.57 Å². The predicted octanol–water partition coefficient (Wildman–Crippen LogP) is 1.59. The first-order chi connectivity index (χ1) is 11.8. The normalized spacial score (nSPS) is 16.4. The Hall–Kier alpha value is -2.83. The van der Waals surface area contributed by atoms with E-state index in [1.54, 1.807) is 19.6 Å². The number of hydrogen-bond acceptors (Lipinski definition) is 5. The van der Waals surface area contributed by atoms with Crippen molar-refractivity contribution in [3.63, 3.8) is 0 Å².